The van der Waals surface area contributed by atoms with E-state index in [1.54, 1.807) is 12.2 Å². The Morgan fingerprint density at radius 2 is 1.88 bits per heavy atom. The Kier molecular flexibility index (Phi) is 5.40. The van der Waals surface area contributed by atoms with Gasteiger partial charge in [0, 0.05) is 26.8 Å². The zero-order valence-electron chi connectivity index (χ0n) is 11.5. The van der Waals surface area contributed by atoms with Crippen LogP contribution in [0.15, 0.2) is 0 Å². The number of hydrogen-bond acceptors (Lipinski definition) is 4. The third kappa shape index (κ3) is 5.04. The summed E-state index contributed by atoms with van der Waals surface area (Å²) in [5.74, 6) is 0.562. The van der Waals surface area contributed by atoms with Crippen LogP contribution in [0.4, 0.5) is 0 Å². The van der Waals surface area contributed by atoms with Crippen molar-refractivity contribution in [2.45, 2.75) is 40.0 Å². The highest BCUT2D eigenvalue weighted by molar-refractivity contribution is 5.75. The van der Waals surface area contributed by atoms with Gasteiger partial charge in [-0.15, -0.1) is 5.06 Å². The monoisotopic (exact) mass is 243 g/mol. The summed E-state index contributed by atoms with van der Waals surface area (Å²) in [7, 11) is 1.74. The molecule has 0 saturated carbocycles. The lowest BCUT2D eigenvalue weighted by Crippen LogP contribution is -2.38. The molecule has 0 bridgehead atoms. The van der Waals surface area contributed by atoms with E-state index in [1.807, 2.05) is 20.8 Å². The number of piperidine rings is 1. The lowest BCUT2D eigenvalue weighted by molar-refractivity contribution is -0.206. The van der Waals surface area contributed by atoms with Gasteiger partial charge in [-0.05, 0) is 46.0 Å². The molecular formula is C13H25NO3. The van der Waals surface area contributed by atoms with Crippen molar-refractivity contribution in [3.05, 3.63) is 0 Å². The minimum atomic E-state index is -0.424. The van der Waals surface area contributed by atoms with Crippen LogP contribution in [0.5, 0.6) is 0 Å². The maximum Gasteiger partial charge on any atom is 0.330 e. The Labute approximate surface area is 104 Å². The van der Waals surface area contributed by atoms with E-state index in [1.165, 1.54) is 0 Å². The second kappa shape index (κ2) is 6.36. The average molecular weight is 243 g/mol. The van der Waals surface area contributed by atoms with Crippen molar-refractivity contribution in [1.82, 2.24) is 5.06 Å². The summed E-state index contributed by atoms with van der Waals surface area (Å²) in [6.07, 6.45) is 3.28. The summed E-state index contributed by atoms with van der Waals surface area (Å²) in [5, 5.41) is 1.80. The molecule has 0 spiro atoms. The zero-order valence-corrected chi connectivity index (χ0v) is 11.5. The Bertz CT molecular complexity index is 240. The molecule has 100 valence electrons. The third-order valence-electron chi connectivity index (χ3n) is 3.13. The van der Waals surface area contributed by atoms with E-state index < -0.39 is 5.41 Å². The quantitative estimate of drug-likeness (QED) is 0.759. The molecule has 1 aliphatic rings. The predicted octanol–water partition coefficient (Wildman–Crippen LogP) is 2.24. The van der Waals surface area contributed by atoms with E-state index >= 15 is 0 Å². The van der Waals surface area contributed by atoms with Gasteiger partial charge in [0.2, 0.25) is 0 Å². The van der Waals surface area contributed by atoms with E-state index in [2.05, 4.69) is 0 Å². The van der Waals surface area contributed by atoms with Crippen LogP contribution < -0.4 is 0 Å². The van der Waals surface area contributed by atoms with Gasteiger partial charge < -0.3 is 9.57 Å². The molecule has 4 heteroatoms. The van der Waals surface area contributed by atoms with Gasteiger partial charge in [0.05, 0.1) is 5.41 Å². The molecule has 1 rings (SSSR count). The standard InChI is InChI=1S/C13H25NO3/c1-13(2,3)12(15)17-14-8-5-11(6-9-14)7-10-16-4/h11H,5-10H2,1-4H3. The minimum absolute atomic E-state index is 0.146. The normalized spacial score (nSPS) is 19.3. The van der Waals surface area contributed by atoms with Crippen LogP contribution >= 0.6 is 0 Å². The summed E-state index contributed by atoms with van der Waals surface area (Å²) < 4.78 is 5.08. The molecule has 0 aromatic heterocycles. The van der Waals surface area contributed by atoms with Crippen molar-refractivity contribution < 1.29 is 14.4 Å². The molecule has 0 unspecified atom stereocenters. The molecule has 0 aliphatic carbocycles. The van der Waals surface area contributed by atoms with E-state index in [-0.39, 0.29) is 5.97 Å². The molecule has 0 N–H and O–H groups in total. The van der Waals surface area contributed by atoms with Crippen molar-refractivity contribution in [3.8, 4) is 0 Å². The smallest absolute Gasteiger partial charge is 0.330 e. The van der Waals surface area contributed by atoms with Gasteiger partial charge in [-0.25, -0.2) is 4.79 Å². The predicted molar refractivity (Wildman–Crippen MR) is 66.3 cm³/mol. The summed E-state index contributed by atoms with van der Waals surface area (Å²) in [4.78, 5) is 17.1. The van der Waals surface area contributed by atoms with Crippen molar-refractivity contribution in [3.63, 3.8) is 0 Å². The number of ether oxygens (including phenoxy) is 1. The molecule has 0 radical (unpaired) electrons. The first kappa shape index (κ1) is 14.5. The molecule has 1 aliphatic heterocycles. The van der Waals surface area contributed by atoms with Crippen LogP contribution in [0.3, 0.4) is 0 Å². The molecule has 1 saturated heterocycles. The largest absolute Gasteiger partial charge is 0.385 e. The number of nitrogens with zero attached hydrogens (tertiary/aromatic N) is 1. The first-order chi connectivity index (χ1) is 7.93. The van der Waals surface area contributed by atoms with Gasteiger partial charge in [-0.3, -0.25) is 0 Å². The van der Waals surface area contributed by atoms with Crippen molar-refractivity contribution in [2.24, 2.45) is 11.3 Å². The molecule has 1 heterocycles. The second-order valence-corrected chi connectivity index (χ2v) is 5.78. The highest BCUT2D eigenvalue weighted by Crippen LogP contribution is 2.22. The maximum atomic E-state index is 11.7. The Hall–Kier alpha value is -0.610. The number of methoxy groups -OCH3 is 1. The minimum Gasteiger partial charge on any atom is -0.385 e. The Morgan fingerprint density at radius 3 is 2.35 bits per heavy atom. The fourth-order valence-electron chi connectivity index (χ4n) is 1.83. The lowest BCUT2D eigenvalue weighted by Gasteiger charge is -2.32. The SMILES string of the molecule is COCCC1CCN(OC(=O)C(C)(C)C)CC1. The van der Waals surface area contributed by atoms with Crippen LogP contribution in [0.1, 0.15) is 40.0 Å². The molecule has 17 heavy (non-hydrogen) atoms. The van der Waals surface area contributed by atoms with Crippen molar-refractivity contribution >= 4 is 5.97 Å². The fourth-order valence-corrected chi connectivity index (χ4v) is 1.83. The first-order valence-corrected chi connectivity index (χ1v) is 6.39. The van der Waals surface area contributed by atoms with Crippen LogP contribution in [0.25, 0.3) is 0 Å². The molecule has 0 aromatic rings. The van der Waals surface area contributed by atoms with Crippen molar-refractivity contribution in [2.75, 3.05) is 26.8 Å². The number of carbonyl (C=O) groups excluding carboxylic acids is 1. The number of hydroxylamine groups is 2. The van der Waals surface area contributed by atoms with Gasteiger partial charge in [-0.1, -0.05) is 0 Å². The van der Waals surface area contributed by atoms with E-state index in [0.717, 1.165) is 39.0 Å². The number of carbonyl (C=O) groups is 1. The molecule has 1 fully saturated rings. The zero-order chi connectivity index (χ0) is 12.9. The molecule has 4 nitrogen and oxygen atoms in total. The van der Waals surface area contributed by atoms with Gasteiger partial charge in [0.1, 0.15) is 0 Å². The Morgan fingerprint density at radius 1 is 1.29 bits per heavy atom. The van der Waals surface area contributed by atoms with Crippen LogP contribution in [-0.2, 0) is 14.4 Å². The second-order valence-electron chi connectivity index (χ2n) is 5.78. The number of hydrogen-bond donors (Lipinski definition) is 0. The summed E-state index contributed by atoms with van der Waals surface area (Å²) in [5.41, 5.74) is -0.424. The van der Waals surface area contributed by atoms with E-state index in [0.29, 0.717) is 5.92 Å². The fraction of sp³-hybridized carbons (Fsp3) is 0.923. The van der Waals surface area contributed by atoms with Crippen LogP contribution in [0.2, 0.25) is 0 Å². The molecule has 0 atom stereocenters. The third-order valence-corrected chi connectivity index (χ3v) is 3.13. The highest BCUT2D eigenvalue weighted by Gasteiger charge is 2.28. The summed E-state index contributed by atoms with van der Waals surface area (Å²) in [6.45, 7) is 8.14. The summed E-state index contributed by atoms with van der Waals surface area (Å²) >= 11 is 0. The molecule has 0 amide bonds. The van der Waals surface area contributed by atoms with Crippen LogP contribution in [0, 0.1) is 11.3 Å². The van der Waals surface area contributed by atoms with Gasteiger partial charge in [0.25, 0.3) is 0 Å². The molecular weight excluding hydrogens is 218 g/mol. The van der Waals surface area contributed by atoms with Crippen LogP contribution in [-0.4, -0.2) is 37.8 Å². The average Bonchev–Trinajstić information content (AvgIpc) is 2.27. The van der Waals surface area contributed by atoms with Crippen molar-refractivity contribution in [1.29, 1.82) is 0 Å². The molecule has 0 aromatic carbocycles. The number of rotatable bonds is 4. The van der Waals surface area contributed by atoms with E-state index in [4.69, 9.17) is 9.57 Å². The van der Waals surface area contributed by atoms with Gasteiger partial charge in [0.15, 0.2) is 0 Å². The summed E-state index contributed by atoms with van der Waals surface area (Å²) in [6, 6.07) is 0. The van der Waals surface area contributed by atoms with E-state index in [9.17, 15) is 4.79 Å². The van der Waals surface area contributed by atoms with Gasteiger partial charge in [-0.2, -0.15) is 0 Å². The topological polar surface area (TPSA) is 38.8 Å². The first-order valence-electron chi connectivity index (χ1n) is 6.39. The highest BCUT2D eigenvalue weighted by atomic mass is 16.7. The maximum absolute atomic E-state index is 11.7. The lowest BCUT2D eigenvalue weighted by atomic mass is 9.95. The van der Waals surface area contributed by atoms with Gasteiger partial charge >= 0.3 is 5.97 Å². The Balaban J connectivity index is 2.25.